The maximum absolute atomic E-state index is 14.3. The van der Waals surface area contributed by atoms with E-state index in [0.29, 0.717) is 11.5 Å². The first-order valence-corrected chi connectivity index (χ1v) is 12.4. The van der Waals surface area contributed by atoms with Crippen molar-refractivity contribution in [1.82, 2.24) is 10.1 Å². The molecular weight excluding hydrogens is 411 g/mol. The summed E-state index contributed by atoms with van der Waals surface area (Å²) in [4.78, 5) is 4.35. The van der Waals surface area contributed by atoms with E-state index in [1.165, 1.54) is 12.1 Å². The van der Waals surface area contributed by atoms with Crippen molar-refractivity contribution in [2.45, 2.75) is 69.0 Å². The topological polar surface area (TPSA) is 91.5 Å². The van der Waals surface area contributed by atoms with Crippen LogP contribution < -0.4 is 0 Å². The third kappa shape index (κ3) is 4.90. The van der Waals surface area contributed by atoms with Crippen LogP contribution >= 0.6 is 0 Å². The fourth-order valence-electron chi connectivity index (χ4n) is 4.35. The Morgan fingerprint density at radius 1 is 1.30 bits per heavy atom. The average molecular weight is 439 g/mol. The number of benzene rings is 1. The molecule has 0 bridgehead atoms. The Bertz CT molecular complexity index is 991. The molecule has 0 N–H and O–H groups in total. The van der Waals surface area contributed by atoms with Crippen LogP contribution in [0.15, 0.2) is 22.7 Å². The SMILES string of the molecule is CC(OC1CCC2(CCCO2)CC1)c1nc(-c2ccc(CS(C)(=O)=O)c(F)c2)no1. The van der Waals surface area contributed by atoms with E-state index in [1.807, 2.05) is 6.92 Å². The van der Waals surface area contributed by atoms with Gasteiger partial charge < -0.3 is 14.0 Å². The number of rotatable bonds is 6. The third-order valence-electron chi connectivity index (χ3n) is 5.94. The molecule has 30 heavy (non-hydrogen) atoms. The summed E-state index contributed by atoms with van der Waals surface area (Å²) in [6, 6.07) is 4.25. The summed E-state index contributed by atoms with van der Waals surface area (Å²) in [6.07, 6.45) is 7.01. The minimum Gasteiger partial charge on any atom is -0.375 e. The van der Waals surface area contributed by atoms with Gasteiger partial charge in [-0.15, -0.1) is 0 Å². The molecule has 0 amide bonds. The van der Waals surface area contributed by atoms with Crippen molar-refractivity contribution in [3.8, 4) is 11.4 Å². The molecule has 1 aromatic heterocycles. The molecule has 4 rings (SSSR count). The summed E-state index contributed by atoms with van der Waals surface area (Å²) in [7, 11) is -3.32. The molecule has 164 valence electrons. The van der Waals surface area contributed by atoms with Crippen LogP contribution in [0.5, 0.6) is 0 Å². The molecule has 2 fully saturated rings. The second-order valence-electron chi connectivity index (χ2n) is 8.45. The Hall–Kier alpha value is -1.84. The molecular formula is C21H27FN2O5S. The zero-order valence-electron chi connectivity index (χ0n) is 17.3. The number of ether oxygens (including phenoxy) is 2. The first-order valence-electron chi connectivity index (χ1n) is 10.3. The zero-order valence-corrected chi connectivity index (χ0v) is 18.1. The number of halogens is 1. The van der Waals surface area contributed by atoms with Gasteiger partial charge in [0.05, 0.1) is 17.5 Å². The molecule has 1 spiro atoms. The lowest BCUT2D eigenvalue weighted by molar-refractivity contribution is -0.0910. The minimum absolute atomic E-state index is 0.0636. The van der Waals surface area contributed by atoms with Gasteiger partial charge in [-0.3, -0.25) is 0 Å². The maximum atomic E-state index is 14.3. The van der Waals surface area contributed by atoms with Gasteiger partial charge in [-0.05, 0) is 51.5 Å². The van der Waals surface area contributed by atoms with Crippen LogP contribution in [-0.4, -0.2) is 43.1 Å². The quantitative estimate of drug-likeness (QED) is 0.673. The lowest BCUT2D eigenvalue weighted by Gasteiger charge is -2.36. The largest absolute Gasteiger partial charge is 0.375 e. The highest BCUT2D eigenvalue weighted by Crippen LogP contribution is 2.41. The van der Waals surface area contributed by atoms with E-state index in [-0.39, 0.29) is 34.9 Å². The Morgan fingerprint density at radius 2 is 2.07 bits per heavy atom. The van der Waals surface area contributed by atoms with Crippen LogP contribution in [0.4, 0.5) is 4.39 Å². The maximum Gasteiger partial charge on any atom is 0.255 e. The van der Waals surface area contributed by atoms with Gasteiger partial charge in [0, 0.05) is 24.0 Å². The standard InChI is InChI=1S/C21H27FN2O5S/c1-14(28-17-6-9-21(10-7-17)8-3-11-27-21)20-23-19(24-29-20)15-4-5-16(18(22)12-15)13-30(2,25)26/h4-5,12,14,17H,3,6-11,13H2,1-2H3. The molecule has 1 atom stereocenters. The van der Waals surface area contributed by atoms with Gasteiger partial charge in [0.1, 0.15) is 11.9 Å². The normalized spacial score (nSPS) is 25.6. The molecule has 1 saturated heterocycles. The van der Waals surface area contributed by atoms with E-state index >= 15 is 0 Å². The zero-order chi connectivity index (χ0) is 21.4. The van der Waals surface area contributed by atoms with Crippen LogP contribution in [0.1, 0.15) is 63.0 Å². The van der Waals surface area contributed by atoms with Crippen LogP contribution in [0.3, 0.4) is 0 Å². The predicted molar refractivity (Wildman–Crippen MR) is 108 cm³/mol. The second kappa shape index (κ2) is 8.36. The van der Waals surface area contributed by atoms with Crippen molar-refractivity contribution in [3.05, 3.63) is 35.5 Å². The predicted octanol–water partition coefficient (Wildman–Crippen LogP) is 3.99. The summed E-state index contributed by atoms with van der Waals surface area (Å²) < 4.78 is 54.5. The number of aromatic nitrogens is 2. The van der Waals surface area contributed by atoms with Crippen molar-refractivity contribution in [1.29, 1.82) is 0 Å². The smallest absolute Gasteiger partial charge is 0.255 e. The molecule has 7 nitrogen and oxygen atoms in total. The summed E-state index contributed by atoms with van der Waals surface area (Å²) in [5.74, 6) is -0.385. The van der Waals surface area contributed by atoms with Crippen molar-refractivity contribution in [3.63, 3.8) is 0 Å². The van der Waals surface area contributed by atoms with Gasteiger partial charge in [-0.2, -0.15) is 4.98 Å². The highest BCUT2D eigenvalue weighted by molar-refractivity contribution is 7.89. The molecule has 1 aliphatic carbocycles. The van der Waals surface area contributed by atoms with E-state index in [2.05, 4.69) is 10.1 Å². The van der Waals surface area contributed by atoms with Crippen LogP contribution in [0.2, 0.25) is 0 Å². The fraction of sp³-hybridized carbons (Fsp3) is 0.619. The van der Waals surface area contributed by atoms with Gasteiger partial charge in [0.15, 0.2) is 9.84 Å². The van der Waals surface area contributed by atoms with Gasteiger partial charge in [0.25, 0.3) is 5.89 Å². The van der Waals surface area contributed by atoms with Gasteiger partial charge in [-0.1, -0.05) is 17.3 Å². The molecule has 1 aromatic carbocycles. The molecule has 0 radical (unpaired) electrons. The van der Waals surface area contributed by atoms with E-state index in [4.69, 9.17) is 14.0 Å². The monoisotopic (exact) mass is 438 g/mol. The Balaban J connectivity index is 1.38. The second-order valence-corrected chi connectivity index (χ2v) is 10.6. The van der Waals surface area contributed by atoms with Crippen molar-refractivity contribution in [2.75, 3.05) is 12.9 Å². The van der Waals surface area contributed by atoms with Gasteiger partial charge in [0.2, 0.25) is 5.82 Å². The number of sulfone groups is 1. The fourth-order valence-corrected chi connectivity index (χ4v) is 5.15. The molecule has 2 heterocycles. The van der Waals surface area contributed by atoms with E-state index in [9.17, 15) is 12.8 Å². The number of hydrogen-bond donors (Lipinski definition) is 0. The van der Waals surface area contributed by atoms with Crippen molar-refractivity contribution >= 4 is 9.84 Å². The third-order valence-corrected chi connectivity index (χ3v) is 6.78. The molecule has 2 aromatic rings. The van der Waals surface area contributed by atoms with Crippen molar-refractivity contribution < 1.29 is 26.8 Å². The Morgan fingerprint density at radius 3 is 2.70 bits per heavy atom. The molecule has 2 aliphatic rings. The molecule has 1 aliphatic heterocycles. The number of nitrogens with zero attached hydrogens (tertiary/aromatic N) is 2. The van der Waals surface area contributed by atoms with Crippen LogP contribution in [0, 0.1) is 5.82 Å². The highest BCUT2D eigenvalue weighted by atomic mass is 32.2. The summed E-state index contributed by atoms with van der Waals surface area (Å²) in [6.45, 7) is 2.73. The first-order chi connectivity index (χ1) is 14.2. The summed E-state index contributed by atoms with van der Waals surface area (Å²) in [5, 5.41) is 3.93. The Kier molecular flexibility index (Phi) is 5.96. The average Bonchev–Trinajstić information content (AvgIpc) is 3.35. The van der Waals surface area contributed by atoms with E-state index in [0.717, 1.165) is 51.4 Å². The summed E-state index contributed by atoms with van der Waals surface area (Å²) in [5.41, 5.74) is 0.599. The number of hydrogen-bond acceptors (Lipinski definition) is 7. The summed E-state index contributed by atoms with van der Waals surface area (Å²) >= 11 is 0. The van der Waals surface area contributed by atoms with Gasteiger partial charge >= 0.3 is 0 Å². The minimum atomic E-state index is -3.32. The Labute approximate surface area is 175 Å². The van der Waals surface area contributed by atoms with E-state index in [1.54, 1.807) is 6.07 Å². The van der Waals surface area contributed by atoms with E-state index < -0.39 is 15.7 Å². The molecule has 1 saturated carbocycles. The first kappa shape index (κ1) is 21.4. The van der Waals surface area contributed by atoms with Crippen molar-refractivity contribution in [2.24, 2.45) is 0 Å². The highest BCUT2D eigenvalue weighted by Gasteiger charge is 2.39. The molecule has 9 heteroatoms. The van der Waals surface area contributed by atoms with Gasteiger partial charge in [-0.25, -0.2) is 12.8 Å². The van der Waals surface area contributed by atoms with Crippen LogP contribution in [0.25, 0.3) is 11.4 Å². The molecule has 1 unspecified atom stereocenters. The lowest BCUT2D eigenvalue weighted by Crippen LogP contribution is -2.36. The van der Waals surface area contributed by atoms with Crippen LogP contribution in [-0.2, 0) is 25.1 Å². The lowest BCUT2D eigenvalue weighted by atomic mass is 9.81.